The summed E-state index contributed by atoms with van der Waals surface area (Å²) in [5.41, 5.74) is 4.10. The zero-order valence-corrected chi connectivity index (χ0v) is 17.7. The molecular formula is C25H26O6. The number of carbonyl (C=O) groups is 3. The highest BCUT2D eigenvalue weighted by Crippen LogP contribution is 2.68. The average molecular weight is 422 g/mol. The van der Waals surface area contributed by atoms with Crippen LogP contribution in [-0.4, -0.2) is 31.9 Å². The van der Waals surface area contributed by atoms with Gasteiger partial charge in [-0.05, 0) is 41.9 Å². The quantitative estimate of drug-likeness (QED) is 0.681. The van der Waals surface area contributed by atoms with E-state index >= 15 is 0 Å². The van der Waals surface area contributed by atoms with E-state index in [-0.39, 0.29) is 47.6 Å². The summed E-state index contributed by atoms with van der Waals surface area (Å²) in [5.74, 6) is -2.92. The van der Waals surface area contributed by atoms with E-state index in [0.717, 1.165) is 48.0 Å². The van der Waals surface area contributed by atoms with Crippen LogP contribution in [0.25, 0.3) is 0 Å². The number of ether oxygens (including phenoxy) is 3. The number of rotatable bonds is 2. The molecule has 8 atom stereocenters. The molecule has 0 amide bonds. The van der Waals surface area contributed by atoms with Gasteiger partial charge in [0.05, 0.1) is 44.2 Å². The van der Waals surface area contributed by atoms with Crippen LogP contribution in [0, 0.1) is 35.5 Å². The fraction of sp³-hybridized carbons (Fsp3) is 0.560. The highest BCUT2D eigenvalue weighted by molar-refractivity contribution is 6.04. The fourth-order valence-corrected chi connectivity index (χ4v) is 7.47. The molecule has 6 rings (SSSR count). The number of fused-ring (bicyclic) bond motifs is 11. The van der Waals surface area contributed by atoms with Crippen molar-refractivity contribution in [2.24, 2.45) is 35.5 Å². The highest BCUT2D eigenvalue weighted by atomic mass is 16.5. The van der Waals surface area contributed by atoms with Gasteiger partial charge in [-0.15, -0.1) is 0 Å². The summed E-state index contributed by atoms with van der Waals surface area (Å²) < 4.78 is 16.7. The summed E-state index contributed by atoms with van der Waals surface area (Å²) in [6.07, 6.45) is 3.09. The van der Waals surface area contributed by atoms with Gasteiger partial charge in [-0.1, -0.05) is 36.3 Å². The van der Waals surface area contributed by atoms with Crippen LogP contribution in [0.15, 0.2) is 35.4 Å². The van der Waals surface area contributed by atoms with Crippen molar-refractivity contribution in [1.82, 2.24) is 0 Å². The van der Waals surface area contributed by atoms with Crippen molar-refractivity contribution in [3.05, 3.63) is 46.5 Å². The number of carbonyl (C=O) groups excluding carboxylic acids is 3. The van der Waals surface area contributed by atoms with Crippen LogP contribution in [0.2, 0.25) is 0 Å². The molecule has 6 nitrogen and oxygen atoms in total. The summed E-state index contributed by atoms with van der Waals surface area (Å²) in [4.78, 5) is 40.0. The maximum absolute atomic E-state index is 13.9. The van der Waals surface area contributed by atoms with Crippen molar-refractivity contribution in [2.45, 2.75) is 37.9 Å². The first-order valence-corrected chi connectivity index (χ1v) is 11.3. The van der Waals surface area contributed by atoms with Crippen molar-refractivity contribution in [1.29, 1.82) is 0 Å². The Hall–Kier alpha value is -2.47. The molecule has 3 aliphatic carbocycles. The van der Waals surface area contributed by atoms with Gasteiger partial charge in [0.1, 0.15) is 0 Å². The third kappa shape index (κ3) is 2.34. The molecule has 2 heterocycles. The van der Waals surface area contributed by atoms with Crippen molar-refractivity contribution >= 4 is 17.7 Å². The van der Waals surface area contributed by atoms with Gasteiger partial charge in [0.25, 0.3) is 0 Å². The smallest absolute Gasteiger partial charge is 0.310 e. The zero-order chi connectivity index (χ0) is 21.4. The molecule has 2 saturated carbocycles. The third-order valence-corrected chi connectivity index (χ3v) is 8.47. The average Bonchev–Trinajstić information content (AvgIpc) is 3.47. The van der Waals surface area contributed by atoms with Crippen LogP contribution < -0.4 is 0 Å². The van der Waals surface area contributed by atoms with Crippen molar-refractivity contribution in [2.75, 3.05) is 14.2 Å². The van der Waals surface area contributed by atoms with Crippen molar-refractivity contribution in [3.63, 3.8) is 0 Å². The lowest BCUT2D eigenvalue weighted by Crippen LogP contribution is -2.48. The lowest BCUT2D eigenvalue weighted by molar-refractivity contribution is -0.163. The minimum atomic E-state index is -0.714. The summed E-state index contributed by atoms with van der Waals surface area (Å²) >= 11 is 0. The molecule has 6 heteroatoms. The summed E-state index contributed by atoms with van der Waals surface area (Å²) in [6, 6.07) is 8.07. The van der Waals surface area contributed by atoms with Crippen LogP contribution in [-0.2, 0) is 28.6 Å². The summed E-state index contributed by atoms with van der Waals surface area (Å²) in [6.45, 7) is 0. The van der Waals surface area contributed by atoms with Gasteiger partial charge >= 0.3 is 11.9 Å². The highest BCUT2D eigenvalue weighted by Gasteiger charge is 2.68. The Morgan fingerprint density at radius 3 is 2.32 bits per heavy atom. The maximum Gasteiger partial charge on any atom is 0.310 e. The Balaban J connectivity index is 1.56. The van der Waals surface area contributed by atoms with E-state index < -0.39 is 17.8 Å². The van der Waals surface area contributed by atoms with Gasteiger partial charge in [0.15, 0.2) is 5.78 Å². The third-order valence-electron chi connectivity index (χ3n) is 8.47. The molecule has 3 fully saturated rings. The van der Waals surface area contributed by atoms with Crippen LogP contribution in [0.4, 0.5) is 0 Å². The van der Waals surface area contributed by atoms with Crippen LogP contribution in [0.3, 0.4) is 0 Å². The molecule has 1 aromatic carbocycles. The summed E-state index contributed by atoms with van der Waals surface area (Å²) in [5, 5.41) is 0. The minimum absolute atomic E-state index is 0.121. The van der Waals surface area contributed by atoms with Crippen LogP contribution in [0.5, 0.6) is 0 Å². The number of benzene rings is 1. The molecule has 0 spiro atoms. The van der Waals surface area contributed by atoms with E-state index in [2.05, 4.69) is 6.07 Å². The molecule has 1 saturated heterocycles. The molecule has 0 N–H and O–H groups in total. The Morgan fingerprint density at radius 2 is 1.61 bits per heavy atom. The normalized spacial score (nSPS) is 39.5. The Morgan fingerprint density at radius 1 is 0.935 bits per heavy atom. The van der Waals surface area contributed by atoms with Gasteiger partial charge in [-0.3, -0.25) is 14.4 Å². The minimum Gasteiger partial charge on any atom is -0.469 e. The van der Waals surface area contributed by atoms with E-state index in [0.29, 0.717) is 0 Å². The maximum atomic E-state index is 13.9. The van der Waals surface area contributed by atoms with Crippen molar-refractivity contribution < 1.29 is 28.6 Å². The molecule has 0 radical (unpaired) electrons. The summed E-state index contributed by atoms with van der Waals surface area (Å²) in [7, 11) is 2.73. The number of allylic oxidation sites excluding steroid dienone is 2. The van der Waals surface area contributed by atoms with Gasteiger partial charge in [0, 0.05) is 11.8 Å². The van der Waals surface area contributed by atoms with Gasteiger partial charge in [0.2, 0.25) is 0 Å². The monoisotopic (exact) mass is 422 g/mol. The second-order valence-corrected chi connectivity index (χ2v) is 9.49. The zero-order valence-electron chi connectivity index (χ0n) is 17.7. The standard InChI is InChI=1S/C25H26O6/c1-29-24(27)16-12-8-4-3-7-11(12)15-17(19(16)25(28)30-2)18-20(21(15)26)23-14-10-6-5-9-13(14)22(18)31-23/h5-6,9-10,12,16-20,22-23H,3-4,7-8H2,1-2H3/t12-,16+,17-,18+,19-,20+,22-,23+/m0/s1. The predicted octanol–water partition coefficient (Wildman–Crippen LogP) is 3.32. The number of ketones is 1. The number of methoxy groups -OCH3 is 2. The molecule has 0 aromatic heterocycles. The molecule has 1 aromatic rings. The van der Waals surface area contributed by atoms with E-state index in [1.165, 1.54) is 14.2 Å². The number of Topliss-reactive ketones (excluding diaryl/α,β-unsaturated/α-hetero) is 1. The van der Waals surface area contributed by atoms with Crippen LogP contribution in [0.1, 0.15) is 49.0 Å². The molecule has 31 heavy (non-hydrogen) atoms. The molecular weight excluding hydrogens is 396 g/mol. The second kappa shape index (κ2) is 6.76. The van der Waals surface area contributed by atoms with E-state index in [9.17, 15) is 14.4 Å². The van der Waals surface area contributed by atoms with Crippen molar-refractivity contribution in [3.8, 4) is 0 Å². The Kier molecular flexibility index (Phi) is 4.20. The SMILES string of the molecule is COC(=O)[C@@H]1[C@H]2C(=C3CCCC[C@@H]3[C@H]1C(=O)OC)C(=O)[C@H]1[C@@H]2[C@H]2O[C@@H]1c1ccccc12. The van der Waals surface area contributed by atoms with Gasteiger partial charge < -0.3 is 14.2 Å². The Bertz CT molecular complexity index is 1020. The largest absolute Gasteiger partial charge is 0.469 e. The fourth-order valence-electron chi connectivity index (χ4n) is 7.47. The van der Waals surface area contributed by atoms with Crippen LogP contribution >= 0.6 is 0 Å². The lowest BCUT2D eigenvalue weighted by Gasteiger charge is -2.44. The van der Waals surface area contributed by atoms with Gasteiger partial charge in [-0.2, -0.15) is 0 Å². The first-order valence-electron chi connectivity index (χ1n) is 11.3. The molecule has 5 aliphatic rings. The number of esters is 2. The number of hydrogen-bond donors (Lipinski definition) is 0. The topological polar surface area (TPSA) is 78.9 Å². The molecule has 0 unspecified atom stereocenters. The number of hydrogen-bond acceptors (Lipinski definition) is 6. The Labute approximate surface area is 180 Å². The molecule has 2 bridgehead atoms. The first kappa shape index (κ1) is 19.2. The second-order valence-electron chi connectivity index (χ2n) is 9.49. The van der Waals surface area contributed by atoms with Gasteiger partial charge in [-0.25, -0.2) is 0 Å². The molecule has 2 aliphatic heterocycles. The predicted molar refractivity (Wildman–Crippen MR) is 108 cm³/mol. The molecule has 162 valence electrons. The van der Waals surface area contributed by atoms with E-state index in [1.54, 1.807) is 0 Å². The van der Waals surface area contributed by atoms with E-state index in [1.807, 2.05) is 18.2 Å². The lowest BCUT2D eigenvalue weighted by atomic mass is 9.58. The first-order chi connectivity index (χ1) is 15.1. The van der Waals surface area contributed by atoms with E-state index in [4.69, 9.17) is 14.2 Å².